The Hall–Kier alpha value is -0.940. The Labute approximate surface area is 132 Å². The average molecular weight is 309 g/mol. The van der Waals surface area contributed by atoms with Gasteiger partial charge in [0.05, 0.1) is 10.4 Å². The van der Waals surface area contributed by atoms with Crippen LogP contribution in [0.15, 0.2) is 5.38 Å². The minimum absolute atomic E-state index is 0.216. The molecule has 0 aromatic carbocycles. The van der Waals surface area contributed by atoms with Crippen molar-refractivity contribution in [2.75, 3.05) is 26.2 Å². The molecule has 2 heterocycles. The van der Waals surface area contributed by atoms with Gasteiger partial charge in [0.15, 0.2) is 0 Å². The molecule has 0 aliphatic carbocycles. The van der Waals surface area contributed by atoms with Crippen molar-refractivity contribution in [3.05, 3.63) is 16.1 Å². The molecule has 2 rings (SSSR count). The van der Waals surface area contributed by atoms with Crippen molar-refractivity contribution >= 4 is 17.2 Å². The number of nitrogens with zero attached hydrogens (tertiary/aromatic N) is 2. The number of hydrogen-bond donors (Lipinski definition) is 1. The van der Waals surface area contributed by atoms with Crippen LogP contribution in [0.5, 0.6) is 0 Å². The van der Waals surface area contributed by atoms with E-state index in [2.05, 4.69) is 34.4 Å². The van der Waals surface area contributed by atoms with Gasteiger partial charge in [-0.2, -0.15) is 0 Å². The van der Waals surface area contributed by atoms with E-state index in [0.29, 0.717) is 0 Å². The van der Waals surface area contributed by atoms with Crippen LogP contribution >= 0.6 is 11.3 Å². The van der Waals surface area contributed by atoms with Crippen LogP contribution in [-0.2, 0) is 11.2 Å². The maximum absolute atomic E-state index is 12.4. The van der Waals surface area contributed by atoms with Crippen LogP contribution in [0, 0.1) is 12.3 Å². The first kappa shape index (κ1) is 16.4. The predicted molar refractivity (Wildman–Crippen MR) is 87.6 cm³/mol. The van der Waals surface area contributed by atoms with Gasteiger partial charge >= 0.3 is 0 Å². The van der Waals surface area contributed by atoms with Crippen LogP contribution < -0.4 is 5.32 Å². The number of amides is 1. The molecular weight excluding hydrogens is 282 g/mol. The molecule has 1 aromatic rings. The minimum Gasteiger partial charge on any atom is -0.356 e. The molecule has 0 saturated carbocycles. The van der Waals surface area contributed by atoms with Crippen molar-refractivity contribution in [2.45, 2.75) is 46.5 Å². The summed E-state index contributed by atoms with van der Waals surface area (Å²) in [7, 11) is 0. The van der Waals surface area contributed by atoms with Gasteiger partial charge in [0.25, 0.3) is 0 Å². The molecule has 1 amide bonds. The second kappa shape index (κ2) is 7.36. The van der Waals surface area contributed by atoms with E-state index in [1.165, 1.54) is 5.01 Å². The van der Waals surface area contributed by atoms with Gasteiger partial charge in [0.1, 0.15) is 0 Å². The van der Waals surface area contributed by atoms with Crippen LogP contribution in [-0.4, -0.2) is 42.0 Å². The molecule has 21 heavy (non-hydrogen) atoms. The van der Waals surface area contributed by atoms with Crippen LogP contribution in [0.4, 0.5) is 0 Å². The number of nitrogens with one attached hydrogen (secondary N) is 1. The molecule has 1 aromatic heterocycles. The van der Waals surface area contributed by atoms with Gasteiger partial charge in [-0.1, -0.05) is 6.92 Å². The number of hydrogen-bond acceptors (Lipinski definition) is 4. The van der Waals surface area contributed by atoms with E-state index in [0.717, 1.165) is 57.6 Å². The lowest BCUT2D eigenvalue weighted by Crippen LogP contribution is -2.50. The lowest BCUT2D eigenvalue weighted by molar-refractivity contribution is -0.133. The van der Waals surface area contributed by atoms with Gasteiger partial charge in [-0.15, -0.1) is 11.3 Å². The fourth-order valence-corrected chi connectivity index (χ4v) is 3.79. The molecule has 1 aliphatic heterocycles. The number of rotatable bonds is 6. The molecule has 1 saturated heterocycles. The highest BCUT2D eigenvalue weighted by molar-refractivity contribution is 7.09. The summed E-state index contributed by atoms with van der Waals surface area (Å²) >= 11 is 1.71. The highest BCUT2D eigenvalue weighted by Crippen LogP contribution is 2.29. The largest absolute Gasteiger partial charge is 0.356 e. The summed E-state index contributed by atoms with van der Waals surface area (Å²) in [5.41, 5.74) is 0.875. The molecule has 1 N–H and O–H groups in total. The summed E-state index contributed by atoms with van der Waals surface area (Å²) in [6.45, 7) is 10.1. The van der Waals surface area contributed by atoms with Crippen LogP contribution in [0.1, 0.15) is 43.8 Å². The molecule has 1 unspecified atom stereocenters. The summed E-state index contributed by atoms with van der Waals surface area (Å²) in [6, 6.07) is 0. The van der Waals surface area contributed by atoms with Crippen LogP contribution in [0.25, 0.3) is 0 Å². The monoisotopic (exact) mass is 309 g/mol. The average Bonchev–Trinajstić information content (AvgIpc) is 2.89. The van der Waals surface area contributed by atoms with E-state index >= 15 is 0 Å². The number of thiazole rings is 1. The van der Waals surface area contributed by atoms with Gasteiger partial charge in [0, 0.05) is 30.6 Å². The summed E-state index contributed by atoms with van der Waals surface area (Å²) in [5.74, 6) is 0.218. The highest BCUT2D eigenvalue weighted by Gasteiger charge is 2.36. The fourth-order valence-electron chi connectivity index (χ4n) is 2.97. The van der Waals surface area contributed by atoms with E-state index in [9.17, 15) is 4.79 Å². The Morgan fingerprint density at radius 1 is 1.57 bits per heavy atom. The molecule has 0 radical (unpaired) electrons. The Balaban J connectivity index is 1.73. The summed E-state index contributed by atoms with van der Waals surface area (Å²) in [5, 5.41) is 6.37. The molecule has 5 heteroatoms. The van der Waals surface area contributed by atoms with Crippen LogP contribution in [0.2, 0.25) is 0 Å². The normalized spacial score (nSPS) is 23.2. The number of carbonyl (C=O) groups excluding carboxylic acids is 1. The van der Waals surface area contributed by atoms with Crippen LogP contribution in [0.3, 0.4) is 0 Å². The smallest absolute Gasteiger partial charge is 0.227 e. The Kier molecular flexibility index (Phi) is 5.76. The number of carbonyl (C=O) groups is 1. The molecule has 118 valence electrons. The molecular formula is C16H27N3OS. The van der Waals surface area contributed by atoms with Crippen molar-refractivity contribution in [3.63, 3.8) is 0 Å². The van der Waals surface area contributed by atoms with Crippen molar-refractivity contribution in [2.24, 2.45) is 5.41 Å². The molecule has 1 atom stereocenters. The van der Waals surface area contributed by atoms with Gasteiger partial charge in [0.2, 0.25) is 5.91 Å². The Morgan fingerprint density at radius 2 is 2.38 bits per heavy atom. The SMILES string of the molecule is CCN1CCCC(C)(C(=O)NCCCc2nc(C)cs2)C1. The van der Waals surface area contributed by atoms with Crippen molar-refractivity contribution in [1.82, 2.24) is 15.2 Å². The third-order valence-electron chi connectivity index (χ3n) is 4.29. The van der Waals surface area contributed by atoms with Crippen molar-refractivity contribution in [3.8, 4) is 0 Å². The summed E-state index contributed by atoms with van der Waals surface area (Å²) in [6.07, 6.45) is 4.04. The van der Waals surface area contributed by atoms with Gasteiger partial charge in [-0.25, -0.2) is 4.98 Å². The maximum atomic E-state index is 12.4. The zero-order valence-corrected chi connectivity index (χ0v) is 14.3. The number of piperidine rings is 1. The zero-order chi connectivity index (χ0) is 15.3. The first-order valence-corrected chi connectivity index (χ1v) is 8.83. The molecule has 1 aliphatic rings. The second-order valence-electron chi connectivity index (χ2n) is 6.28. The lowest BCUT2D eigenvalue weighted by Gasteiger charge is -2.38. The fraction of sp³-hybridized carbons (Fsp3) is 0.750. The molecule has 1 fully saturated rings. The second-order valence-corrected chi connectivity index (χ2v) is 7.22. The lowest BCUT2D eigenvalue weighted by atomic mass is 9.81. The first-order chi connectivity index (χ1) is 10.0. The van der Waals surface area contributed by atoms with E-state index in [-0.39, 0.29) is 11.3 Å². The summed E-state index contributed by atoms with van der Waals surface area (Å²) in [4.78, 5) is 19.3. The number of likely N-dealkylation sites (tertiary alicyclic amines) is 1. The molecule has 0 bridgehead atoms. The Morgan fingerprint density at radius 3 is 3.05 bits per heavy atom. The van der Waals surface area contributed by atoms with Gasteiger partial charge in [-0.05, 0) is 46.2 Å². The number of aryl methyl sites for hydroxylation is 2. The first-order valence-electron chi connectivity index (χ1n) is 7.95. The quantitative estimate of drug-likeness (QED) is 0.822. The summed E-state index contributed by atoms with van der Waals surface area (Å²) < 4.78 is 0. The highest BCUT2D eigenvalue weighted by atomic mass is 32.1. The van der Waals surface area contributed by atoms with Crippen molar-refractivity contribution < 1.29 is 4.79 Å². The zero-order valence-electron chi connectivity index (χ0n) is 13.4. The third-order valence-corrected chi connectivity index (χ3v) is 5.32. The van der Waals surface area contributed by atoms with Gasteiger partial charge < -0.3 is 10.2 Å². The third kappa shape index (κ3) is 4.51. The van der Waals surface area contributed by atoms with E-state index in [4.69, 9.17) is 0 Å². The Bertz CT molecular complexity index is 474. The van der Waals surface area contributed by atoms with Gasteiger partial charge in [-0.3, -0.25) is 4.79 Å². The number of aromatic nitrogens is 1. The predicted octanol–water partition coefficient (Wildman–Crippen LogP) is 2.62. The van der Waals surface area contributed by atoms with E-state index in [1.807, 2.05) is 6.92 Å². The molecule has 0 spiro atoms. The van der Waals surface area contributed by atoms with E-state index in [1.54, 1.807) is 11.3 Å². The van der Waals surface area contributed by atoms with Crippen molar-refractivity contribution in [1.29, 1.82) is 0 Å². The standard InChI is InChI=1S/C16H27N3OS/c1-4-19-10-6-8-16(3,12-19)15(20)17-9-5-7-14-18-13(2)11-21-14/h11H,4-10,12H2,1-3H3,(H,17,20). The maximum Gasteiger partial charge on any atom is 0.227 e. The molecule has 4 nitrogen and oxygen atoms in total. The minimum atomic E-state index is -0.216. The topological polar surface area (TPSA) is 45.2 Å². The van der Waals surface area contributed by atoms with E-state index < -0.39 is 0 Å².